The quantitative estimate of drug-likeness (QED) is 0.672. The van der Waals surface area contributed by atoms with E-state index in [1.54, 1.807) is 0 Å². The van der Waals surface area contributed by atoms with Gasteiger partial charge in [-0.1, -0.05) is 6.07 Å². The Labute approximate surface area is 75.6 Å². The van der Waals surface area contributed by atoms with Gasteiger partial charge in [-0.25, -0.2) is 4.98 Å². The van der Waals surface area contributed by atoms with Crippen molar-refractivity contribution < 1.29 is 0 Å². The minimum Gasteiger partial charge on any atom is -0.342 e. The summed E-state index contributed by atoms with van der Waals surface area (Å²) in [5.41, 5.74) is 3.18. The Bertz CT molecular complexity index is 406. The number of halogens is 1. The molecule has 0 unspecified atom stereocenters. The van der Waals surface area contributed by atoms with Crippen molar-refractivity contribution in [3.63, 3.8) is 0 Å². The normalized spacial score (nSPS) is 10.8. The number of imidazole rings is 1. The molecule has 0 radical (unpaired) electrons. The van der Waals surface area contributed by atoms with Gasteiger partial charge in [0.25, 0.3) is 0 Å². The second-order valence-corrected chi connectivity index (χ2v) is 3.07. The Balaban J connectivity index is 2.66. The third-order valence-electron chi connectivity index (χ3n) is 1.82. The lowest BCUT2D eigenvalue weighted by atomic mass is 10.2. The lowest BCUT2D eigenvalue weighted by molar-refractivity contribution is 1.17. The smallest absolute Gasteiger partial charge is 0.104 e. The van der Waals surface area contributed by atoms with Crippen molar-refractivity contribution in [2.75, 3.05) is 0 Å². The first-order valence-corrected chi connectivity index (χ1v) is 4.34. The highest BCUT2D eigenvalue weighted by Crippen LogP contribution is 2.14. The number of benzene rings is 1. The fraction of sp³-hybridized carbons (Fsp3) is 0.222. The van der Waals surface area contributed by atoms with Crippen molar-refractivity contribution in [2.45, 2.75) is 12.8 Å². The van der Waals surface area contributed by atoms with E-state index < -0.39 is 0 Å². The number of aromatic amines is 1. The van der Waals surface area contributed by atoms with E-state index in [0.29, 0.717) is 5.88 Å². The third-order valence-corrected chi connectivity index (χ3v) is 2.13. The van der Waals surface area contributed by atoms with Crippen LogP contribution in [0.15, 0.2) is 18.2 Å². The Morgan fingerprint density at radius 1 is 1.50 bits per heavy atom. The molecule has 2 aromatic rings. The van der Waals surface area contributed by atoms with Crippen LogP contribution >= 0.6 is 11.6 Å². The number of H-pyrrole nitrogens is 1. The maximum Gasteiger partial charge on any atom is 0.104 e. The highest BCUT2D eigenvalue weighted by atomic mass is 35.5. The highest BCUT2D eigenvalue weighted by Gasteiger charge is 1.98. The molecule has 2 rings (SSSR count). The lowest BCUT2D eigenvalue weighted by Gasteiger charge is -1.92. The second-order valence-electron chi connectivity index (χ2n) is 2.81. The average Bonchev–Trinajstić information content (AvgIpc) is 2.43. The van der Waals surface area contributed by atoms with E-state index in [0.717, 1.165) is 22.4 Å². The zero-order valence-electron chi connectivity index (χ0n) is 6.76. The number of rotatable bonds is 1. The van der Waals surface area contributed by atoms with E-state index in [1.165, 1.54) is 0 Å². The number of hydrogen-bond acceptors (Lipinski definition) is 1. The van der Waals surface area contributed by atoms with Crippen LogP contribution in [0.5, 0.6) is 0 Å². The fourth-order valence-electron chi connectivity index (χ4n) is 1.27. The van der Waals surface area contributed by atoms with E-state index in [2.05, 4.69) is 9.97 Å². The monoisotopic (exact) mass is 180 g/mol. The van der Waals surface area contributed by atoms with Crippen LogP contribution in [0, 0.1) is 6.92 Å². The van der Waals surface area contributed by atoms with Crippen molar-refractivity contribution in [1.29, 1.82) is 0 Å². The zero-order chi connectivity index (χ0) is 8.55. The maximum atomic E-state index is 5.70. The predicted octanol–water partition coefficient (Wildman–Crippen LogP) is 2.61. The summed E-state index contributed by atoms with van der Waals surface area (Å²) in [6.45, 7) is 1.94. The van der Waals surface area contributed by atoms with Crippen LogP contribution in [-0.4, -0.2) is 9.97 Å². The van der Waals surface area contributed by atoms with Gasteiger partial charge in [0.2, 0.25) is 0 Å². The van der Waals surface area contributed by atoms with Gasteiger partial charge >= 0.3 is 0 Å². The number of hydrogen-bond donors (Lipinski definition) is 1. The number of alkyl halides is 1. The topological polar surface area (TPSA) is 28.7 Å². The summed E-state index contributed by atoms with van der Waals surface area (Å²) >= 11 is 5.70. The van der Waals surface area contributed by atoms with Crippen molar-refractivity contribution in [1.82, 2.24) is 9.97 Å². The highest BCUT2D eigenvalue weighted by molar-refractivity contribution is 6.17. The molecular formula is C9H9ClN2. The molecule has 0 saturated carbocycles. The first-order valence-electron chi connectivity index (χ1n) is 3.81. The molecule has 0 saturated heterocycles. The minimum atomic E-state index is 0.550. The minimum absolute atomic E-state index is 0.550. The van der Waals surface area contributed by atoms with Crippen LogP contribution in [0.25, 0.3) is 11.0 Å². The Morgan fingerprint density at radius 3 is 3.08 bits per heavy atom. The number of aryl methyl sites for hydroxylation is 1. The van der Waals surface area contributed by atoms with Crippen LogP contribution in [0.4, 0.5) is 0 Å². The second kappa shape index (κ2) is 2.79. The largest absolute Gasteiger partial charge is 0.342 e. The van der Waals surface area contributed by atoms with Crippen LogP contribution < -0.4 is 0 Å². The van der Waals surface area contributed by atoms with Gasteiger partial charge in [0, 0.05) is 5.88 Å². The average molecular weight is 181 g/mol. The zero-order valence-corrected chi connectivity index (χ0v) is 7.52. The Hall–Kier alpha value is -1.02. The Kier molecular flexibility index (Phi) is 1.77. The molecule has 0 aliphatic rings. The first kappa shape index (κ1) is 7.62. The SMILES string of the molecule is Cc1nc2ccc(CCl)cc2[nH]1. The van der Waals surface area contributed by atoms with Crippen LogP contribution in [0.3, 0.4) is 0 Å². The van der Waals surface area contributed by atoms with Crippen molar-refractivity contribution in [2.24, 2.45) is 0 Å². The summed E-state index contributed by atoms with van der Waals surface area (Å²) in [6, 6.07) is 6.01. The third kappa shape index (κ3) is 1.18. The summed E-state index contributed by atoms with van der Waals surface area (Å²) in [4.78, 5) is 7.45. The molecule has 0 spiro atoms. The predicted molar refractivity (Wildman–Crippen MR) is 50.4 cm³/mol. The molecule has 2 nitrogen and oxygen atoms in total. The molecular weight excluding hydrogens is 172 g/mol. The molecule has 0 fully saturated rings. The molecule has 1 aromatic carbocycles. The van der Waals surface area contributed by atoms with Crippen molar-refractivity contribution in [3.8, 4) is 0 Å². The van der Waals surface area contributed by atoms with Gasteiger partial charge in [0.05, 0.1) is 11.0 Å². The van der Waals surface area contributed by atoms with E-state index in [9.17, 15) is 0 Å². The maximum absolute atomic E-state index is 5.70. The molecule has 12 heavy (non-hydrogen) atoms. The summed E-state index contributed by atoms with van der Waals surface area (Å²) in [7, 11) is 0. The van der Waals surface area contributed by atoms with Gasteiger partial charge in [-0.15, -0.1) is 11.6 Å². The standard InChI is InChI=1S/C9H9ClN2/c1-6-11-8-3-2-7(5-10)4-9(8)12-6/h2-4H,5H2,1H3,(H,11,12). The Morgan fingerprint density at radius 2 is 2.33 bits per heavy atom. The van der Waals surface area contributed by atoms with Crippen LogP contribution in [0.2, 0.25) is 0 Å². The number of nitrogens with zero attached hydrogens (tertiary/aromatic N) is 1. The molecule has 0 aliphatic carbocycles. The molecule has 0 aliphatic heterocycles. The number of aromatic nitrogens is 2. The molecule has 1 aromatic heterocycles. The van der Waals surface area contributed by atoms with Gasteiger partial charge < -0.3 is 4.98 Å². The molecule has 1 N–H and O–H groups in total. The summed E-state index contributed by atoms with van der Waals surface area (Å²) in [5.74, 6) is 1.49. The van der Waals surface area contributed by atoms with Gasteiger partial charge in [0.15, 0.2) is 0 Å². The van der Waals surface area contributed by atoms with Gasteiger partial charge in [-0.3, -0.25) is 0 Å². The molecule has 0 amide bonds. The lowest BCUT2D eigenvalue weighted by Crippen LogP contribution is -1.76. The summed E-state index contributed by atoms with van der Waals surface area (Å²) in [6.07, 6.45) is 0. The molecule has 62 valence electrons. The molecule has 1 heterocycles. The van der Waals surface area contributed by atoms with Crippen molar-refractivity contribution >= 4 is 22.6 Å². The van der Waals surface area contributed by atoms with Gasteiger partial charge in [0.1, 0.15) is 5.82 Å². The summed E-state index contributed by atoms with van der Waals surface area (Å²) in [5, 5.41) is 0. The van der Waals surface area contributed by atoms with E-state index in [4.69, 9.17) is 11.6 Å². The van der Waals surface area contributed by atoms with Crippen LogP contribution in [-0.2, 0) is 5.88 Å². The molecule has 0 bridgehead atoms. The number of nitrogens with one attached hydrogen (secondary N) is 1. The number of fused-ring (bicyclic) bond motifs is 1. The molecule has 3 heteroatoms. The van der Waals surface area contributed by atoms with E-state index in [1.807, 2.05) is 25.1 Å². The van der Waals surface area contributed by atoms with E-state index >= 15 is 0 Å². The first-order chi connectivity index (χ1) is 5.79. The van der Waals surface area contributed by atoms with Gasteiger partial charge in [-0.2, -0.15) is 0 Å². The van der Waals surface area contributed by atoms with Crippen LogP contribution in [0.1, 0.15) is 11.4 Å². The van der Waals surface area contributed by atoms with E-state index in [-0.39, 0.29) is 0 Å². The van der Waals surface area contributed by atoms with Crippen molar-refractivity contribution in [3.05, 3.63) is 29.6 Å². The van der Waals surface area contributed by atoms with Gasteiger partial charge in [-0.05, 0) is 24.6 Å². The summed E-state index contributed by atoms with van der Waals surface area (Å²) < 4.78 is 0. The molecule has 0 atom stereocenters. The fourth-order valence-corrected chi connectivity index (χ4v) is 1.43.